The van der Waals surface area contributed by atoms with Crippen LogP contribution in [0, 0.1) is 0 Å². The summed E-state index contributed by atoms with van der Waals surface area (Å²) in [5, 5.41) is 0. The molecule has 1 aromatic carbocycles. The molecule has 0 aliphatic heterocycles. The van der Waals surface area contributed by atoms with Crippen molar-refractivity contribution in [3.63, 3.8) is 0 Å². The van der Waals surface area contributed by atoms with Crippen LogP contribution in [0.15, 0.2) is 53.7 Å². The van der Waals surface area contributed by atoms with Gasteiger partial charge in [-0.2, -0.15) is 0 Å². The van der Waals surface area contributed by atoms with Gasteiger partial charge in [-0.05, 0) is 47.7 Å². The number of hydrogen-bond donors (Lipinski definition) is 0. The number of hydrogen-bond acceptors (Lipinski definition) is 3. The molecule has 1 heterocycles. The topological polar surface area (TPSA) is 47.0 Å². The van der Waals surface area contributed by atoms with Gasteiger partial charge in [0.25, 0.3) is 0 Å². The molecule has 0 fully saturated rings. The molecule has 20 heavy (non-hydrogen) atoms. The molecule has 2 aromatic rings. The maximum atomic E-state index is 12.3. The summed E-state index contributed by atoms with van der Waals surface area (Å²) < 4.78 is 24.5. The summed E-state index contributed by atoms with van der Waals surface area (Å²) in [5.74, 6) is 0.529. The van der Waals surface area contributed by atoms with Crippen molar-refractivity contribution in [1.82, 2.24) is 4.98 Å². The van der Waals surface area contributed by atoms with Gasteiger partial charge >= 0.3 is 0 Å². The zero-order chi connectivity index (χ0) is 14.6. The molecule has 0 amide bonds. The maximum absolute atomic E-state index is 12.3. The molecule has 106 valence electrons. The van der Waals surface area contributed by atoms with Crippen LogP contribution in [0.4, 0.5) is 0 Å². The summed E-state index contributed by atoms with van der Waals surface area (Å²) in [6.07, 6.45) is 3.87. The van der Waals surface area contributed by atoms with Gasteiger partial charge in [-0.3, -0.25) is 4.98 Å². The summed E-state index contributed by atoms with van der Waals surface area (Å²) in [6.45, 7) is 4.18. The molecule has 0 saturated carbocycles. The highest BCUT2D eigenvalue weighted by atomic mass is 32.2. The molecule has 0 spiro atoms. The minimum Gasteiger partial charge on any atom is -0.265 e. The zero-order valence-electron chi connectivity index (χ0n) is 11.8. The van der Waals surface area contributed by atoms with Crippen molar-refractivity contribution in [3.05, 3.63) is 59.9 Å². The second-order valence-corrected chi connectivity index (χ2v) is 7.26. The van der Waals surface area contributed by atoms with Gasteiger partial charge in [0.1, 0.15) is 0 Å². The van der Waals surface area contributed by atoms with E-state index in [9.17, 15) is 8.42 Å². The smallest absolute Gasteiger partial charge is 0.178 e. The first-order valence-corrected chi connectivity index (χ1v) is 8.36. The molecule has 0 radical (unpaired) electrons. The third-order valence-electron chi connectivity index (χ3n) is 3.31. The molecule has 0 saturated heterocycles. The van der Waals surface area contributed by atoms with Crippen molar-refractivity contribution >= 4 is 9.84 Å². The van der Waals surface area contributed by atoms with Crippen molar-refractivity contribution in [2.75, 3.05) is 5.75 Å². The van der Waals surface area contributed by atoms with Crippen LogP contribution in [0.1, 0.15) is 30.9 Å². The Labute approximate surface area is 120 Å². The van der Waals surface area contributed by atoms with E-state index in [1.807, 2.05) is 24.3 Å². The first-order valence-electron chi connectivity index (χ1n) is 6.70. The van der Waals surface area contributed by atoms with Crippen LogP contribution >= 0.6 is 0 Å². The van der Waals surface area contributed by atoms with Gasteiger partial charge in [0.15, 0.2) is 9.84 Å². The lowest BCUT2D eigenvalue weighted by atomic mass is 10.0. The Hall–Kier alpha value is -1.68. The molecule has 0 atom stereocenters. The number of aromatic nitrogens is 1. The number of sulfone groups is 1. The minimum absolute atomic E-state index is 0.123. The fraction of sp³-hybridized carbons (Fsp3) is 0.312. The summed E-state index contributed by atoms with van der Waals surface area (Å²) in [7, 11) is -3.22. The summed E-state index contributed by atoms with van der Waals surface area (Å²) >= 11 is 0. The lowest BCUT2D eigenvalue weighted by Crippen LogP contribution is -2.09. The van der Waals surface area contributed by atoms with E-state index in [1.54, 1.807) is 24.5 Å². The fourth-order valence-electron chi connectivity index (χ4n) is 1.98. The van der Waals surface area contributed by atoms with Crippen LogP contribution < -0.4 is 0 Å². The molecule has 0 unspecified atom stereocenters. The molecule has 2 rings (SSSR count). The number of rotatable bonds is 5. The van der Waals surface area contributed by atoms with Crippen LogP contribution in [-0.4, -0.2) is 19.2 Å². The highest BCUT2D eigenvalue weighted by molar-refractivity contribution is 7.91. The largest absolute Gasteiger partial charge is 0.265 e. The number of nitrogens with zero attached hydrogens (tertiary/aromatic N) is 1. The van der Waals surface area contributed by atoms with E-state index in [1.165, 1.54) is 0 Å². The summed E-state index contributed by atoms with van der Waals surface area (Å²) in [5.41, 5.74) is 2.14. The van der Waals surface area contributed by atoms with Crippen molar-refractivity contribution < 1.29 is 8.42 Å². The van der Waals surface area contributed by atoms with Gasteiger partial charge in [0.2, 0.25) is 0 Å². The van der Waals surface area contributed by atoms with Crippen LogP contribution in [0.25, 0.3) is 0 Å². The predicted octanol–water partition coefficient (Wildman–Crippen LogP) is 3.22. The molecule has 1 aromatic heterocycles. The van der Waals surface area contributed by atoms with Gasteiger partial charge in [-0.15, -0.1) is 0 Å². The SMILES string of the molecule is CC(C)c1ccc(S(=O)(=O)CCc2ccncc2)cc1. The molecular weight excluding hydrogens is 270 g/mol. The first kappa shape index (κ1) is 14.7. The van der Waals surface area contributed by atoms with Crippen LogP contribution in [0.3, 0.4) is 0 Å². The van der Waals surface area contributed by atoms with Crippen molar-refractivity contribution in [1.29, 1.82) is 0 Å². The summed E-state index contributed by atoms with van der Waals surface area (Å²) in [4.78, 5) is 4.32. The quantitative estimate of drug-likeness (QED) is 0.849. The Bertz CT molecular complexity index is 647. The van der Waals surface area contributed by atoms with E-state index in [4.69, 9.17) is 0 Å². The fourth-order valence-corrected chi connectivity index (χ4v) is 3.27. The Morgan fingerprint density at radius 2 is 1.60 bits per heavy atom. The Kier molecular flexibility index (Phi) is 4.55. The van der Waals surface area contributed by atoms with Crippen LogP contribution in [0.2, 0.25) is 0 Å². The zero-order valence-corrected chi connectivity index (χ0v) is 12.6. The number of aryl methyl sites for hydroxylation is 1. The van der Waals surface area contributed by atoms with E-state index >= 15 is 0 Å². The normalized spacial score (nSPS) is 11.8. The van der Waals surface area contributed by atoms with Gasteiger partial charge in [0, 0.05) is 12.4 Å². The van der Waals surface area contributed by atoms with Crippen molar-refractivity contribution in [2.24, 2.45) is 0 Å². The van der Waals surface area contributed by atoms with Crippen molar-refractivity contribution in [2.45, 2.75) is 31.1 Å². The first-order chi connectivity index (χ1) is 9.49. The molecule has 0 bridgehead atoms. The molecule has 0 aliphatic carbocycles. The van der Waals surface area contributed by atoms with E-state index in [2.05, 4.69) is 18.8 Å². The van der Waals surface area contributed by atoms with Gasteiger partial charge in [-0.1, -0.05) is 26.0 Å². The highest BCUT2D eigenvalue weighted by Gasteiger charge is 2.14. The van der Waals surface area contributed by atoms with Gasteiger partial charge in [-0.25, -0.2) is 8.42 Å². The number of benzene rings is 1. The highest BCUT2D eigenvalue weighted by Crippen LogP contribution is 2.18. The lowest BCUT2D eigenvalue weighted by molar-refractivity contribution is 0.595. The van der Waals surface area contributed by atoms with Crippen LogP contribution in [0.5, 0.6) is 0 Å². The molecule has 0 N–H and O–H groups in total. The van der Waals surface area contributed by atoms with Gasteiger partial charge in [0.05, 0.1) is 10.6 Å². The Morgan fingerprint density at radius 1 is 1.00 bits per heavy atom. The molecule has 4 heteroatoms. The van der Waals surface area contributed by atoms with Crippen molar-refractivity contribution in [3.8, 4) is 0 Å². The second kappa shape index (κ2) is 6.18. The number of pyridine rings is 1. The van der Waals surface area contributed by atoms with Crippen LogP contribution in [-0.2, 0) is 16.3 Å². The van der Waals surface area contributed by atoms with E-state index in [-0.39, 0.29) is 5.75 Å². The predicted molar refractivity (Wildman–Crippen MR) is 80.5 cm³/mol. The lowest BCUT2D eigenvalue weighted by Gasteiger charge is -2.08. The molecule has 3 nitrogen and oxygen atoms in total. The maximum Gasteiger partial charge on any atom is 0.178 e. The minimum atomic E-state index is -3.22. The Morgan fingerprint density at radius 3 is 2.15 bits per heavy atom. The monoisotopic (exact) mass is 289 g/mol. The average molecular weight is 289 g/mol. The third-order valence-corrected chi connectivity index (χ3v) is 5.05. The summed E-state index contributed by atoms with van der Waals surface area (Å²) in [6, 6.07) is 10.9. The molecule has 0 aliphatic rings. The van der Waals surface area contributed by atoms with Gasteiger partial charge < -0.3 is 0 Å². The third kappa shape index (κ3) is 3.67. The average Bonchev–Trinajstić information content (AvgIpc) is 2.46. The van der Waals surface area contributed by atoms with E-state index in [0.717, 1.165) is 11.1 Å². The standard InChI is InChI=1S/C16H19NO2S/c1-13(2)15-3-5-16(6-4-15)20(18,19)12-9-14-7-10-17-11-8-14/h3-8,10-11,13H,9,12H2,1-2H3. The van der Waals surface area contributed by atoms with E-state index < -0.39 is 9.84 Å². The van der Waals surface area contributed by atoms with E-state index in [0.29, 0.717) is 17.2 Å². The molecular formula is C16H19NO2S. The second-order valence-electron chi connectivity index (χ2n) is 5.15. The Balaban J connectivity index is 2.10.